The maximum absolute atomic E-state index is 11.4. The van der Waals surface area contributed by atoms with Crippen LogP contribution >= 0.6 is 11.3 Å². The number of likely N-dealkylation sites (tertiary alicyclic amines) is 1. The van der Waals surface area contributed by atoms with Crippen LogP contribution in [0.1, 0.15) is 24.3 Å². The molecule has 0 saturated carbocycles. The van der Waals surface area contributed by atoms with E-state index >= 15 is 0 Å². The molecule has 1 amide bonds. The number of piperidine rings is 2. The molecule has 0 aromatic carbocycles. The van der Waals surface area contributed by atoms with Crippen molar-refractivity contribution in [2.24, 2.45) is 11.8 Å². The van der Waals surface area contributed by atoms with E-state index < -0.39 is 0 Å². The largest absolute Gasteiger partial charge is 0.353 e. The molecular formula is C11H18N6OS. The molecule has 19 heavy (non-hydrogen) atoms. The second-order valence-electron chi connectivity index (χ2n) is 5.14. The van der Waals surface area contributed by atoms with Crippen molar-refractivity contribution >= 4 is 22.4 Å². The van der Waals surface area contributed by atoms with Gasteiger partial charge in [0.1, 0.15) is 5.01 Å². The number of hydrazine groups is 1. The average molecular weight is 282 g/mol. The summed E-state index contributed by atoms with van der Waals surface area (Å²) in [5.41, 5.74) is 2.51. The Kier molecular flexibility index (Phi) is 3.63. The summed E-state index contributed by atoms with van der Waals surface area (Å²) in [7, 11) is 0. The van der Waals surface area contributed by atoms with Crippen molar-refractivity contribution in [3.63, 3.8) is 0 Å². The number of nitrogen functional groups attached to an aromatic ring is 1. The first kappa shape index (κ1) is 12.8. The van der Waals surface area contributed by atoms with Crippen molar-refractivity contribution in [2.45, 2.75) is 31.8 Å². The van der Waals surface area contributed by atoms with E-state index in [1.165, 1.54) is 11.3 Å². The quantitative estimate of drug-likeness (QED) is 0.530. The van der Waals surface area contributed by atoms with Crippen molar-refractivity contribution in [2.75, 3.05) is 18.5 Å². The minimum atomic E-state index is 0.206. The van der Waals surface area contributed by atoms with Gasteiger partial charge in [0.2, 0.25) is 11.0 Å². The number of hydrogen-bond donors (Lipinski definition) is 3. The molecule has 104 valence electrons. The molecule has 1 aromatic heterocycles. The van der Waals surface area contributed by atoms with Gasteiger partial charge < -0.3 is 5.32 Å². The van der Waals surface area contributed by atoms with Crippen molar-refractivity contribution in [1.29, 1.82) is 0 Å². The predicted octanol–water partition coefficient (Wildman–Crippen LogP) is -0.0758. The maximum Gasteiger partial charge on any atom is 0.220 e. The molecule has 7 nitrogen and oxygen atoms in total. The monoisotopic (exact) mass is 282 g/mol. The molecule has 8 heteroatoms. The molecule has 3 rings (SSSR count). The summed E-state index contributed by atoms with van der Waals surface area (Å²) in [6, 6.07) is 0.369. The lowest BCUT2D eigenvalue weighted by atomic mass is 9.85. The van der Waals surface area contributed by atoms with Gasteiger partial charge in [0.25, 0.3) is 0 Å². The number of nitrogens with two attached hydrogens (primary N) is 1. The predicted molar refractivity (Wildman–Crippen MR) is 72.3 cm³/mol. The molecule has 2 fully saturated rings. The lowest BCUT2D eigenvalue weighted by Gasteiger charge is -2.41. The first-order chi connectivity index (χ1) is 9.24. The van der Waals surface area contributed by atoms with Crippen LogP contribution in [0.5, 0.6) is 0 Å². The number of carbonyl (C=O) groups is 1. The Morgan fingerprint density at radius 1 is 1.47 bits per heavy atom. The van der Waals surface area contributed by atoms with Crippen LogP contribution in [0.15, 0.2) is 0 Å². The van der Waals surface area contributed by atoms with Gasteiger partial charge in [-0.1, -0.05) is 11.3 Å². The molecule has 2 aliphatic heterocycles. The molecule has 2 saturated heterocycles. The van der Waals surface area contributed by atoms with Gasteiger partial charge in [0.15, 0.2) is 0 Å². The lowest BCUT2D eigenvalue weighted by molar-refractivity contribution is -0.125. The van der Waals surface area contributed by atoms with Gasteiger partial charge in [-0.2, -0.15) is 0 Å². The zero-order chi connectivity index (χ0) is 13.2. The summed E-state index contributed by atoms with van der Waals surface area (Å²) in [6.07, 6.45) is 2.69. The Morgan fingerprint density at radius 3 is 3.16 bits per heavy atom. The number of carbonyl (C=O) groups excluding carboxylic acids is 1. The number of nitrogens with zero attached hydrogens (tertiary/aromatic N) is 3. The Labute approximate surface area is 115 Å². The highest BCUT2D eigenvalue weighted by atomic mass is 32.1. The van der Waals surface area contributed by atoms with Crippen LogP contribution in [0.4, 0.5) is 5.13 Å². The molecule has 2 unspecified atom stereocenters. The fourth-order valence-corrected chi connectivity index (χ4v) is 3.59. The van der Waals surface area contributed by atoms with E-state index in [9.17, 15) is 4.79 Å². The third kappa shape index (κ3) is 2.85. The summed E-state index contributed by atoms with van der Waals surface area (Å²) in [5, 5.41) is 12.8. The normalized spacial score (nSPS) is 27.7. The summed E-state index contributed by atoms with van der Waals surface area (Å²) in [5.74, 6) is 6.08. The highest BCUT2D eigenvalue weighted by molar-refractivity contribution is 7.15. The minimum absolute atomic E-state index is 0.206. The smallest absolute Gasteiger partial charge is 0.220 e. The second kappa shape index (κ2) is 5.40. The van der Waals surface area contributed by atoms with Crippen molar-refractivity contribution in [3.8, 4) is 0 Å². The first-order valence-corrected chi connectivity index (χ1v) is 7.37. The topological polar surface area (TPSA) is 96.2 Å². The molecule has 0 spiro atoms. The molecule has 1 aromatic rings. The third-order valence-corrected chi connectivity index (χ3v) is 4.70. The van der Waals surface area contributed by atoms with Crippen LogP contribution in [0, 0.1) is 5.92 Å². The maximum atomic E-state index is 11.4. The Morgan fingerprint density at radius 2 is 2.37 bits per heavy atom. The highest BCUT2D eigenvalue weighted by Gasteiger charge is 2.33. The molecule has 0 aliphatic carbocycles. The molecule has 0 bridgehead atoms. The Bertz CT molecular complexity index is 464. The van der Waals surface area contributed by atoms with E-state index in [4.69, 9.17) is 5.84 Å². The number of fused-ring (bicyclic) bond motifs is 1. The SMILES string of the molecule is NNc1nnc(CN2CCC3NC(=O)CCC3C2)s1. The second-order valence-corrected chi connectivity index (χ2v) is 6.20. The molecule has 0 radical (unpaired) electrons. The summed E-state index contributed by atoms with van der Waals surface area (Å²) in [4.78, 5) is 13.8. The van der Waals surface area contributed by atoms with Gasteiger partial charge in [0.05, 0.1) is 6.54 Å². The van der Waals surface area contributed by atoms with Gasteiger partial charge in [-0.05, 0) is 18.8 Å². The van der Waals surface area contributed by atoms with Crippen LogP contribution in [-0.2, 0) is 11.3 Å². The number of anilines is 1. The number of amides is 1. The summed E-state index contributed by atoms with van der Waals surface area (Å²) >= 11 is 1.49. The van der Waals surface area contributed by atoms with Crippen LogP contribution in [0.2, 0.25) is 0 Å². The van der Waals surface area contributed by atoms with E-state index in [0.717, 1.165) is 37.5 Å². The zero-order valence-corrected chi connectivity index (χ0v) is 11.4. The van der Waals surface area contributed by atoms with Gasteiger partial charge in [-0.25, -0.2) is 5.84 Å². The van der Waals surface area contributed by atoms with Crippen LogP contribution in [0.3, 0.4) is 0 Å². The molecule has 2 aliphatic rings. The third-order valence-electron chi connectivity index (χ3n) is 3.86. The van der Waals surface area contributed by atoms with Crippen molar-refractivity contribution < 1.29 is 4.79 Å². The van der Waals surface area contributed by atoms with Crippen LogP contribution in [-0.4, -0.2) is 40.1 Å². The Hall–Kier alpha value is -1.25. The summed E-state index contributed by atoms with van der Waals surface area (Å²) in [6.45, 7) is 2.83. The fraction of sp³-hybridized carbons (Fsp3) is 0.727. The van der Waals surface area contributed by atoms with E-state index in [0.29, 0.717) is 23.5 Å². The van der Waals surface area contributed by atoms with E-state index in [1.807, 2.05) is 0 Å². The average Bonchev–Trinajstić information content (AvgIpc) is 2.86. The van der Waals surface area contributed by atoms with E-state index in [2.05, 4.69) is 25.8 Å². The van der Waals surface area contributed by atoms with E-state index in [-0.39, 0.29) is 5.91 Å². The minimum Gasteiger partial charge on any atom is -0.353 e. The van der Waals surface area contributed by atoms with Crippen LogP contribution < -0.4 is 16.6 Å². The molecule has 2 atom stereocenters. The molecular weight excluding hydrogens is 264 g/mol. The van der Waals surface area contributed by atoms with Gasteiger partial charge >= 0.3 is 0 Å². The zero-order valence-electron chi connectivity index (χ0n) is 10.6. The van der Waals surface area contributed by atoms with Crippen molar-refractivity contribution in [1.82, 2.24) is 20.4 Å². The number of aromatic nitrogens is 2. The van der Waals surface area contributed by atoms with Crippen LogP contribution in [0.25, 0.3) is 0 Å². The lowest BCUT2D eigenvalue weighted by Crippen LogP contribution is -2.53. The first-order valence-electron chi connectivity index (χ1n) is 6.55. The number of nitrogens with one attached hydrogen (secondary N) is 2. The fourth-order valence-electron chi connectivity index (χ4n) is 2.90. The van der Waals surface area contributed by atoms with Gasteiger partial charge in [-0.15, -0.1) is 10.2 Å². The summed E-state index contributed by atoms with van der Waals surface area (Å²) < 4.78 is 0. The van der Waals surface area contributed by atoms with E-state index in [1.54, 1.807) is 0 Å². The standard InChI is InChI=1S/C11H18N6OS/c12-14-11-16-15-10(19-11)6-17-4-3-8-7(5-17)1-2-9(18)13-8/h7-8H,1-6,12H2,(H,13,18)(H,14,16). The van der Waals surface area contributed by atoms with Gasteiger partial charge in [0, 0.05) is 25.6 Å². The molecule has 3 heterocycles. The number of rotatable bonds is 3. The van der Waals surface area contributed by atoms with Gasteiger partial charge in [-0.3, -0.25) is 15.1 Å². The number of hydrogen-bond acceptors (Lipinski definition) is 7. The molecule has 4 N–H and O–H groups in total. The Balaban J connectivity index is 1.57. The van der Waals surface area contributed by atoms with Crippen molar-refractivity contribution in [3.05, 3.63) is 5.01 Å². The highest BCUT2D eigenvalue weighted by Crippen LogP contribution is 2.27.